The summed E-state index contributed by atoms with van der Waals surface area (Å²) in [6, 6.07) is 68.6. The van der Waals surface area contributed by atoms with Crippen molar-refractivity contribution in [3.63, 3.8) is 0 Å². The van der Waals surface area contributed by atoms with Crippen LogP contribution >= 0.6 is 0 Å². The maximum absolute atomic E-state index is 2.41. The van der Waals surface area contributed by atoms with Crippen LogP contribution in [0.4, 0.5) is 0 Å². The molecule has 8 aromatic carbocycles. The fourth-order valence-corrected chi connectivity index (χ4v) is 7.91. The van der Waals surface area contributed by atoms with Gasteiger partial charge in [-0.25, -0.2) is 0 Å². The third-order valence-electron chi connectivity index (χ3n) is 10.4. The van der Waals surface area contributed by atoms with E-state index in [1.54, 1.807) is 0 Å². The average Bonchev–Trinajstić information content (AvgIpc) is 3.70. The van der Waals surface area contributed by atoms with Crippen molar-refractivity contribution >= 4 is 43.6 Å². The summed E-state index contributed by atoms with van der Waals surface area (Å²) in [6.45, 7) is 2.18. The van der Waals surface area contributed by atoms with E-state index in [9.17, 15) is 0 Å². The van der Waals surface area contributed by atoms with Crippen LogP contribution in [0.15, 0.2) is 188 Å². The molecule has 0 aliphatic carbocycles. The molecule has 240 valence electrons. The second-order valence-corrected chi connectivity index (χ2v) is 13.5. The lowest BCUT2D eigenvalue weighted by Crippen LogP contribution is -1.94. The van der Waals surface area contributed by atoms with Gasteiger partial charge in [-0.2, -0.15) is 0 Å². The highest BCUT2D eigenvalue weighted by molar-refractivity contribution is 6.12. The number of hydrogen-bond acceptors (Lipinski definition) is 0. The minimum absolute atomic E-state index is 1.16. The Morgan fingerprint density at radius 1 is 0.275 bits per heavy atom. The summed E-state index contributed by atoms with van der Waals surface area (Å²) in [4.78, 5) is 0. The lowest BCUT2D eigenvalue weighted by molar-refractivity contribution is 1.18. The van der Waals surface area contributed by atoms with Gasteiger partial charge in [0.25, 0.3) is 0 Å². The van der Waals surface area contributed by atoms with Crippen molar-refractivity contribution in [1.82, 2.24) is 9.13 Å². The molecule has 2 nitrogen and oxygen atoms in total. The lowest BCUT2D eigenvalue weighted by Gasteiger charge is -2.11. The van der Waals surface area contributed by atoms with E-state index in [-0.39, 0.29) is 0 Å². The van der Waals surface area contributed by atoms with Gasteiger partial charge >= 0.3 is 0 Å². The molecule has 0 radical (unpaired) electrons. The number of rotatable bonds is 5. The highest BCUT2D eigenvalue weighted by Gasteiger charge is 2.17. The smallest absolute Gasteiger partial charge is 0.0543 e. The summed E-state index contributed by atoms with van der Waals surface area (Å²) >= 11 is 0. The first-order chi connectivity index (χ1) is 25.2. The van der Waals surface area contributed by atoms with Crippen LogP contribution in [-0.4, -0.2) is 9.13 Å². The summed E-state index contributed by atoms with van der Waals surface area (Å²) in [7, 11) is 0. The van der Waals surface area contributed by atoms with Gasteiger partial charge in [0.2, 0.25) is 0 Å². The number of aromatic nitrogens is 2. The molecule has 0 bridgehead atoms. The number of hydrogen-bond donors (Lipinski definition) is 0. The molecule has 0 spiro atoms. The Kier molecular flexibility index (Phi) is 6.75. The minimum atomic E-state index is 1.16. The molecule has 0 N–H and O–H groups in total. The van der Waals surface area contributed by atoms with Gasteiger partial charge in [-0.3, -0.25) is 0 Å². The molecule has 2 aromatic heterocycles. The van der Waals surface area contributed by atoms with Crippen LogP contribution < -0.4 is 0 Å². The fourth-order valence-electron chi connectivity index (χ4n) is 7.91. The van der Waals surface area contributed by atoms with Gasteiger partial charge in [0.1, 0.15) is 0 Å². The highest BCUT2D eigenvalue weighted by Crippen LogP contribution is 2.39. The molecule has 0 aliphatic rings. The van der Waals surface area contributed by atoms with Gasteiger partial charge in [-0.1, -0.05) is 127 Å². The summed E-state index contributed by atoms with van der Waals surface area (Å²) < 4.78 is 4.82. The standard InChI is InChI=1S/C49H34N2/c1-33-19-26-43-45-32-39(22-27-47(45)50(49(43)29-33)40-24-20-36(21-25-40)34-11-4-2-5-12-34)38-23-28-48-44(31-38)42-17-8-9-18-46(42)51(48)41-16-10-15-37(30-41)35-13-6-3-7-14-35/h2-32H,1H3. The first-order valence-electron chi connectivity index (χ1n) is 17.6. The monoisotopic (exact) mass is 650 g/mol. The third-order valence-corrected chi connectivity index (χ3v) is 10.4. The molecule has 0 atom stereocenters. The van der Waals surface area contributed by atoms with Crippen LogP contribution in [0.25, 0.3) is 88.4 Å². The van der Waals surface area contributed by atoms with E-state index in [2.05, 4.69) is 204 Å². The molecule has 0 unspecified atom stereocenters. The lowest BCUT2D eigenvalue weighted by atomic mass is 10.0. The Hall–Kier alpha value is -6.64. The van der Waals surface area contributed by atoms with Crippen molar-refractivity contribution in [2.75, 3.05) is 0 Å². The topological polar surface area (TPSA) is 9.86 Å². The van der Waals surface area contributed by atoms with Crippen molar-refractivity contribution < 1.29 is 0 Å². The van der Waals surface area contributed by atoms with Crippen molar-refractivity contribution in [2.45, 2.75) is 6.92 Å². The molecule has 0 amide bonds. The molecular weight excluding hydrogens is 617 g/mol. The number of fused-ring (bicyclic) bond motifs is 6. The van der Waals surface area contributed by atoms with Gasteiger partial charge in [0.05, 0.1) is 22.1 Å². The normalized spacial score (nSPS) is 11.6. The second kappa shape index (κ2) is 11.8. The Bertz CT molecular complexity index is 2890. The predicted molar refractivity (Wildman–Crippen MR) is 216 cm³/mol. The van der Waals surface area contributed by atoms with E-state index >= 15 is 0 Å². The summed E-state index contributed by atoms with van der Waals surface area (Å²) in [5.41, 5.74) is 15.7. The Balaban J connectivity index is 1.11. The van der Waals surface area contributed by atoms with Crippen LogP contribution in [0.3, 0.4) is 0 Å². The molecule has 10 rings (SSSR count). The minimum Gasteiger partial charge on any atom is -0.309 e. The molecule has 0 aliphatic heterocycles. The molecule has 51 heavy (non-hydrogen) atoms. The first-order valence-corrected chi connectivity index (χ1v) is 17.6. The number of benzene rings is 8. The highest BCUT2D eigenvalue weighted by atomic mass is 15.0. The Morgan fingerprint density at radius 3 is 1.45 bits per heavy atom. The molecule has 0 saturated heterocycles. The number of nitrogens with zero attached hydrogens (tertiary/aromatic N) is 2. The van der Waals surface area contributed by atoms with E-state index in [1.165, 1.54) is 88.2 Å². The average molecular weight is 651 g/mol. The first kappa shape index (κ1) is 29.3. The fraction of sp³-hybridized carbons (Fsp3) is 0.0204. The van der Waals surface area contributed by atoms with Crippen LogP contribution in [-0.2, 0) is 0 Å². The number of aryl methyl sites for hydroxylation is 1. The maximum Gasteiger partial charge on any atom is 0.0543 e. The SMILES string of the molecule is Cc1ccc2c3cc(-c4ccc5c(c4)c4ccccc4n5-c4cccc(-c5ccccc5)c4)ccc3n(-c3ccc(-c4ccccc4)cc3)c2c1. The molecule has 2 heterocycles. The summed E-state index contributed by atoms with van der Waals surface area (Å²) in [6.07, 6.45) is 0. The maximum atomic E-state index is 2.41. The third kappa shape index (κ3) is 4.87. The van der Waals surface area contributed by atoms with Crippen molar-refractivity contribution in [2.24, 2.45) is 0 Å². The Morgan fingerprint density at radius 2 is 0.765 bits per heavy atom. The second-order valence-electron chi connectivity index (χ2n) is 13.5. The zero-order chi connectivity index (χ0) is 33.9. The zero-order valence-electron chi connectivity index (χ0n) is 28.3. The van der Waals surface area contributed by atoms with Gasteiger partial charge in [-0.15, -0.1) is 0 Å². The summed E-state index contributed by atoms with van der Waals surface area (Å²) in [5, 5.41) is 5.03. The quantitative estimate of drug-likeness (QED) is 0.175. The van der Waals surface area contributed by atoms with Gasteiger partial charge in [0.15, 0.2) is 0 Å². The van der Waals surface area contributed by atoms with Crippen molar-refractivity contribution in [3.05, 3.63) is 194 Å². The van der Waals surface area contributed by atoms with E-state index in [1.807, 2.05) is 0 Å². The number of para-hydroxylation sites is 1. The van der Waals surface area contributed by atoms with Gasteiger partial charge < -0.3 is 9.13 Å². The van der Waals surface area contributed by atoms with Gasteiger partial charge in [0, 0.05) is 32.9 Å². The predicted octanol–water partition coefficient (Wildman–Crippen LogP) is 13.2. The van der Waals surface area contributed by atoms with E-state index in [4.69, 9.17) is 0 Å². The molecule has 2 heteroatoms. The summed E-state index contributed by atoms with van der Waals surface area (Å²) in [5.74, 6) is 0. The van der Waals surface area contributed by atoms with Crippen LogP contribution in [0, 0.1) is 6.92 Å². The van der Waals surface area contributed by atoms with E-state index in [0.717, 1.165) is 5.69 Å². The zero-order valence-corrected chi connectivity index (χ0v) is 28.3. The largest absolute Gasteiger partial charge is 0.309 e. The van der Waals surface area contributed by atoms with Crippen LogP contribution in [0.1, 0.15) is 5.56 Å². The Labute approximate surface area is 297 Å². The van der Waals surface area contributed by atoms with Crippen molar-refractivity contribution in [1.29, 1.82) is 0 Å². The molecular formula is C49H34N2. The van der Waals surface area contributed by atoms with E-state index < -0.39 is 0 Å². The van der Waals surface area contributed by atoms with E-state index in [0.29, 0.717) is 0 Å². The molecule has 0 fully saturated rings. The van der Waals surface area contributed by atoms with Crippen LogP contribution in [0.2, 0.25) is 0 Å². The van der Waals surface area contributed by atoms with Crippen LogP contribution in [0.5, 0.6) is 0 Å². The molecule has 0 saturated carbocycles. The molecule has 10 aromatic rings. The van der Waals surface area contributed by atoms with Gasteiger partial charge in [-0.05, 0) is 107 Å². The van der Waals surface area contributed by atoms with Crippen molar-refractivity contribution in [3.8, 4) is 44.8 Å².